The molecule has 0 aromatic heterocycles. The lowest BCUT2D eigenvalue weighted by atomic mass is 10.1. The molecule has 0 unspecified atom stereocenters. The summed E-state index contributed by atoms with van der Waals surface area (Å²) in [6.45, 7) is 6.32. The molecule has 0 spiro atoms. The predicted molar refractivity (Wildman–Crippen MR) is 62.4 cm³/mol. The van der Waals surface area contributed by atoms with Gasteiger partial charge in [0.05, 0.1) is 0 Å². The van der Waals surface area contributed by atoms with E-state index in [2.05, 4.69) is 26.8 Å². The van der Waals surface area contributed by atoms with Gasteiger partial charge in [-0.2, -0.15) is 0 Å². The van der Waals surface area contributed by atoms with Crippen molar-refractivity contribution in [2.24, 2.45) is 0 Å². The second-order valence-corrected chi connectivity index (χ2v) is 4.17. The Morgan fingerprint density at radius 1 is 1.07 bits per heavy atom. The van der Waals surface area contributed by atoms with E-state index in [-0.39, 0.29) is 0 Å². The van der Waals surface area contributed by atoms with Crippen molar-refractivity contribution in [3.05, 3.63) is 11.6 Å². The average molecular weight is 196 g/mol. The molecule has 1 heteroatoms. The number of hydrogen-bond acceptors (Lipinski definition) is 1. The third kappa shape index (κ3) is 9.50. The van der Waals surface area contributed by atoms with E-state index >= 15 is 0 Å². The first-order valence-corrected chi connectivity index (χ1v) is 5.82. The van der Waals surface area contributed by atoms with Gasteiger partial charge in [-0.05, 0) is 39.5 Å². The Kier molecular flexibility index (Phi) is 8.61. The maximum Gasteiger partial charge on any atom is 0.132 e. The summed E-state index contributed by atoms with van der Waals surface area (Å²) >= 11 is 0. The van der Waals surface area contributed by atoms with Gasteiger partial charge in [0, 0.05) is 12.8 Å². The fourth-order valence-electron chi connectivity index (χ4n) is 1.44. The highest BCUT2D eigenvalue weighted by Crippen LogP contribution is 2.07. The fourth-order valence-corrected chi connectivity index (χ4v) is 1.44. The molecule has 0 amide bonds. The van der Waals surface area contributed by atoms with Gasteiger partial charge in [-0.25, -0.2) is 0 Å². The number of rotatable bonds is 8. The van der Waals surface area contributed by atoms with E-state index in [4.69, 9.17) is 0 Å². The highest BCUT2D eigenvalue weighted by atomic mass is 16.1. The summed E-state index contributed by atoms with van der Waals surface area (Å²) in [5.74, 6) is 0.440. The molecule has 0 bridgehead atoms. The highest BCUT2D eigenvalue weighted by Gasteiger charge is 1.98. The van der Waals surface area contributed by atoms with E-state index in [1.807, 2.05) is 0 Å². The molecule has 0 N–H and O–H groups in total. The van der Waals surface area contributed by atoms with Gasteiger partial charge in [-0.3, -0.25) is 4.79 Å². The smallest absolute Gasteiger partial charge is 0.132 e. The molecule has 0 aliphatic carbocycles. The van der Waals surface area contributed by atoms with Crippen molar-refractivity contribution in [3.63, 3.8) is 0 Å². The van der Waals surface area contributed by atoms with Crippen LogP contribution in [0.2, 0.25) is 0 Å². The number of unbranched alkanes of at least 4 members (excludes halogenated alkanes) is 3. The Hall–Kier alpha value is -0.590. The number of carbonyl (C=O) groups excluding carboxylic acids is 1. The number of ketones is 1. The predicted octanol–water partition coefficient (Wildman–Crippen LogP) is 4.27. The Bertz CT molecular complexity index is 176. The van der Waals surface area contributed by atoms with Crippen LogP contribution in [0.15, 0.2) is 11.6 Å². The molecule has 0 heterocycles. The summed E-state index contributed by atoms with van der Waals surface area (Å²) in [5.41, 5.74) is 1.40. The second kappa shape index (κ2) is 8.98. The normalized spacial score (nSPS) is 9.93. The summed E-state index contributed by atoms with van der Waals surface area (Å²) in [7, 11) is 0. The van der Waals surface area contributed by atoms with Gasteiger partial charge >= 0.3 is 0 Å². The van der Waals surface area contributed by atoms with E-state index in [1.54, 1.807) is 0 Å². The Morgan fingerprint density at radius 3 is 2.36 bits per heavy atom. The summed E-state index contributed by atoms with van der Waals surface area (Å²) in [6, 6.07) is 0. The zero-order chi connectivity index (χ0) is 10.8. The molecule has 0 aliphatic rings. The van der Waals surface area contributed by atoms with Gasteiger partial charge in [-0.15, -0.1) is 0 Å². The van der Waals surface area contributed by atoms with Crippen LogP contribution in [-0.2, 0) is 4.79 Å². The molecule has 0 aromatic carbocycles. The van der Waals surface area contributed by atoms with Crippen LogP contribution in [0.25, 0.3) is 0 Å². The van der Waals surface area contributed by atoms with Gasteiger partial charge in [0.1, 0.15) is 5.78 Å². The maximum atomic E-state index is 11.2. The van der Waals surface area contributed by atoms with E-state index in [0.29, 0.717) is 5.78 Å². The van der Waals surface area contributed by atoms with Crippen molar-refractivity contribution in [1.29, 1.82) is 0 Å². The van der Waals surface area contributed by atoms with Crippen molar-refractivity contribution in [3.8, 4) is 0 Å². The molecule has 0 aromatic rings. The molecule has 0 saturated carbocycles. The van der Waals surface area contributed by atoms with E-state index < -0.39 is 0 Å². The molecule has 0 aliphatic heterocycles. The SMILES string of the molecule is CCCC(=O)CCCCCC=C(C)C. The van der Waals surface area contributed by atoms with Crippen LogP contribution in [-0.4, -0.2) is 5.78 Å². The van der Waals surface area contributed by atoms with Crippen LogP contribution in [0, 0.1) is 0 Å². The highest BCUT2D eigenvalue weighted by molar-refractivity contribution is 5.78. The van der Waals surface area contributed by atoms with E-state index in [0.717, 1.165) is 25.7 Å². The molecule has 1 nitrogen and oxygen atoms in total. The topological polar surface area (TPSA) is 17.1 Å². The first-order valence-electron chi connectivity index (χ1n) is 5.82. The quantitative estimate of drug-likeness (QED) is 0.418. The van der Waals surface area contributed by atoms with Gasteiger partial charge in [0.15, 0.2) is 0 Å². The Morgan fingerprint density at radius 2 is 1.79 bits per heavy atom. The van der Waals surface area contributed by atoms with E-state index in [9.17, 15) is 4.79 Å². The van der Waals surface area contributed by atoms with Crippen LogP contribution in [0.3, 0.4) is 0 Å². The van der Waals surface area contributed by atoms with Gasteiger partial charge in [0.25, 0.3) is 0 Å². The summed E-state index contributed by atoms with van der Waals surface area (Å²) in [5, 5.41) is 0. The lowest BCUT2D eigenvalue weighted by molar-refractivity contribution is -0.119. The first-order chi connectivity index (χ1) is 6.66. The van der Waals surface area contributed by atoms with Crippen LogP contribution in [0.5, 0.6) is 0 Å². The van der Waals surface area contributed by atoms with E-state index in [1.165, 1.54) is 24.8 Å². The molecule has 0 fully saturated rings. The van der Waals surface area contributed by atoms with Gasteiger partial charge in [0.2, 0.25) is 0 Å². The molecule has 14 heavy (non-hydrogen) atoms. The third-order valence-corrected chi connectivity index (χ3v) is 2.24. The van der Waals surface area contributed by atoms with Crippen molar-refractivity contribution < 1.29 is 4.79 Å². The molecule has 0 rings (SSSR count). The number of Topliss-reactive ketones (excluding diaryl/α,β-unsaturated/α-hetero) is 1. The average Bonchev–Trinajstić information content (AvgIpc) is 2.11. The Labute approximate surface area is 88.6 Å². The number of carbonyl (C=O) groups is 1. The van der Waals surface area contributed by atoms with Crippen molar-refractivity contribution in [1.82, 2.24) is 0 Å². The molecule has 0 saturated heterocycles. The summed E-state index contributed by atoms with van der Waals surface area (Å²) < 4.78 is 0. The number of allylic oxidation sites excluding steroid dienone is 2. The Balaban J connectivity index is 3.21. The minimum absolute atomic E-state index is 0.440. The molecular weight excluding hydrogens is 172 g/mol. The monoisotopic (exact) mass is 196 g/mol. The maximum absolute atomic E-state index is 11.2. The third-order valence-electron chi connectivity index (χ3n) is 2.24. The van der Waals surface area contributed by atoms with Crippen molar-refractivity contribution in [2.45, 2.75) is 65.7 Å². The molecule has 0 radical (unpaired) electrons. The lowest BCUT2D eigenvalue weighted by Gasteiger charge is -1.99. The minimum atomic E-state index is 0.440. The largest absolute Gasteiger partial charge is 0.300 e. The molecule has 82 valence electrons. The fraction of sp³-hybridized carbons (Fsp3) is 0.769. The zero-order valence-electron chi connectivity index (χ0n) is 9.94. The molecule has 0 atom stereocenters. The van der Waals surface area contributed by atoms with Crippen molar-refractivity contribution in [2.75, 3.05) is 0 Å². The number of hydrogen-bond donors (Lipinski definition) is 0. The lowest BCUT2D eigenvalue weighted by Crippen LogP contribution is -1.95. The summed E-state index contributed by atoms with van der Waals surface area (Å²) in [4.78, 5) is 11.2. The first kappa shape index (κ1) is 13.4. The minimum Gasteiger partial charge on any atom is -0.300 e. The zero-order valence-corrected chi connectivity index (χ0v) is 9.94. The van der Waals surface area contributed by atoms with Crippen molar-refractivity contribution >= 4 is 5.78 Å². The van der Waals surface area contributed by atoms with Crippen LogP contribution in [0.4, 0.5) is 0 Å². The molecular formula is C13H24O. The van der Waals surface area contributed by atoms with Crippen LogP contribution >= 0.6 is 0 Å². The van der Waals surface area contributed by atoms with Crippen LogP contribution in [0.1, 0.15) is 65.7 Å². The standard InChI is InChI=1S/C13H24O/c1-4-9-13(14)11-8-6-5-7-10-12(2)3/h10H,4-9,11H2,1-3H3. The van der Waals surface area contributed by atoms with Gasteiger partial charge < -0.3 is 0 Å². The van der Waals surface area contributed by atoms with Gasteiger partial charge in [-0.1, -0.05) is 25.0 Å². The second-order valence-electron chi connectivity index (χ2n) is 4.17. The van der Waals surface area contributed by atoms with Crippen LogP contribution < -0.4 is 0 Å². The summed E-state index contributed by atoms with van der Waals surface area (Å²) in [6.07, 6.45) is 9.50.